The fourth-order valence-electron chi connectivity index (χ4n) is 2.28. The van der Waals surface area contributed by atoms with Gasteiger partial charge in [0.2, 0.25) is 5.82 Å². The molecule has 6 heteroatoms. The van der Waals surface area contributed by atoms with Gasteiger partial charge in [-0.15, -0.1) is 0 Å². The summed E-state index contributed by atoms with van der Waals surface area (Å²) in [7, 11) is 1.35. The van der Waals surface area contributed by atoms with Crippen molar-refractivity contribution in [2.24, 2.45) is 4.99 Å². The van der Waals surface area contributed by atoms with Gasteiger partial charge in [-0.3, -0.25) is 4.99 Å². The zero-order chi connectivity index (χ0) is 20.2. The van der Waals surface area contributed by atoms with Crippen LogP contribution >= 0.6 is 11.6 Å². The lowest BCUT2D eigenvalue weighted by Crippen LogP contribution is -2.28. The lowest BCUT2D eigenvalue weighted by molar-refractivity contribution is 0.153. The van der Waals surface area contributed by atoms with Gasteiger partial charge in [-0.2, -0.15) is 4.39 Å². The monoisotopic (exact) mass is 390 g/mol. The number of ether oxygens (including phenoxy) is 1. The maximum Gasteiger partial charge on any atom is 0.252 e. The molecule has 0 aliphatic rings. The molecule has 0 aliphatic carbocycles. The number of rotatable bonds is 6. The Labute approximate surface area is 164 Å². The summed E-state index contributed by atoms with van der Waals surface area (Å²) in [6.45, 7) is 7.15. The van der Waals surface area contributed by atoms with Crippen molar-refractivity contribution >= 4 is 33.8 Å². The number of aromatic nitrogens is 1. The molecule has 0 radical (unpaired) electrons. The molecule has 0 bridgehead atoms. The molecule has 0 fully saturated rings. The van der Waals surface area contributed by atoms with Gasteiger partial charge in [-0.1, -0.05) is 36.7 Å². The number of nitrogens with zero attached hydrogens (tertiary/aromatic N) is 2. The maximum absolute atomic E-state index is 14.3. The quantitative estimate of drug-likeness (QED) is 0.517. The first-order valence-electron chi connectivity index (χ1n) is 8.66. The van der Waals surface area contributed by atoms with Crippen LogP contribution in [-0.2, 0) is 0 Å². The van der Waals surface area contributed by atoms with Crippen LogP contribution in [0.1, 0.15) is 39.7 Å². The molecule has 144 valence electrons. The first-order valence-corrected chi connectivity index (χ1v) is 9.04. The van der Waals surface area contributed by atoms with Crippen LogP contribution in [0.15, 0.2) is 41.5 Å². The van der Waals surface area contributed by atoms with Crippen LogP contribution in [0.5, 0.6) is 5.88 Å². The van der Waals surface area contributed by atoms with E-state index in [1.807, 2.05) is 25.1 Å². The zero-order valence-electron chi connectivity index (χ0n) is 16.2. The molecule has 0 atom stereocenters. The number of halogens is 2. The fraction of sp³-hybridized carbons (Fsp3) is 0.333. The molecule has 2 rings (SSSR count). The number of aliphatic hydroxyl groups is 1. The van der Waals surface area contributed by atoms with Crippen molar-refractivity contribution < 1.29 is 14.2 Å². The minimum absolute atomic E-state index is 0.0336. The van der Waals surface area contributed by atoms with Crippen LogP contribution in [-0.4, -0.2) is 28.5 Å². The fourth-order valence-corrected chi connectivity index (χ4v) is 2.51. The summed E-state index contributed by atoms with van der Waals surface area (Å²) in [6.07, 6.45) is 6.47. The Bertz CT molecular complexity index is 928. The van der Waals surface area contributed by atoms with Crippen molar-refractivity contribution in [3.8, 4) is 5.88 Å². The third kappa shape index (κ3) is 4.93. The first-order chi connectivity index (χ1) is 12.7. The highest BCUT2D eigenvalue weighted by atomic mass is 35.5. The zero-order valence-corrected chi connectivity index (χ0v) is 16.9. The van der Waals surface area contributed by atoms with Crippen LogP contribution < -0.4 is 4.74 Å². The number of hydrogen-bond donors (Lipinski definition) is 1. The first kappa shape index (κ1) is 21.1. The van der Waals surface area contributed by atoms with E-state index in [0.717, 1.165) is 17.6 Å². The highest BCUT2D eigenvalue weighted by Gasteiger charge is 2.17. The average Bonchev–Trinajstić information content (AvgIpc) is 2.63. The highest BCUT2D eigenvalue weighted by Crippen LogP contribution is 2.32. The molecule has 2 aromatic rings. The Morgan fingerprint density at radius 2 is 2.11 bits per heavy atom. The topological polar surface area (TPSA) is 54.7 Å². The molecule has 0 saturated heterocycles. The van der Waals surface area contributed by atoms with E-state index in [4.69, 9.17) is 16.3 Å². The molecule has 0 unspecified atom stereocenters. The molecule has 0 aliphatic heterocycles. The van der Waals surface area contributed by atoms with Crippen molar-refractivity contribution in [3.63, 3.8) is 0 Å². The van der Waals surface area contributed by atoms with Crippen molar-refractivity contribution in [3.05, 3.63) is 53.0 Å². The third-order valence-electron chi connectivity index (χ3n) is 4.18. The lowest BCUT2D eigenvalue weighted by Gasteiger charge is -2.16. The SMILES string of the molecule is CC/C=C/C(=C\N=C(/C)C(C)(C)O)c1ccc2nc(OC)c(F)c(Cl)c2c1. The van der Waals surface area contributed by atoms with E-state index < -0.39 is 11.4 Å². The van der Waals surface area contributed by atoms with Crippen molar-refractivity contribution in [2.75, 3.05) is 7.11 Å². The summed E-state index contributed by atoms with van der Waals surface area (Å²) in [4.78, 5) is 8.53. The molecule has 1 heterocycles. The van der Waals surface area contributed by atoms with E-state index >= 15 is 0 Å². The summed E-state index contributed by atoms with van der Waals surface area (Å²) in [5, 5.41) is 10.5. The van der Waals surface area contributed by atoms with E-state index in [1.165, 1.54) is 7.11 Å². The highest BCUT2D eigenvalue weighted by molar-refractivity contribution is 6.35. The molecule has 0 saturated carbocycles. The van der Waals surface area contributed by atoms with Gasteiger partial charge in [-0.25, -0.2) is 4.98 Å². The van der Waals surface area contributed by atoms with Crippen LogP contribution in [0.3, 0.4) is 0 Å². The standard InChI is InChI=1S/C21H24ClFN2O2/c1-6-7-8-15(12-24-13(2)21(3,4)26)14-9-10-17-16(11-14)18(22)19(23)20(25-17)27-5/h7-12,26H,6H2,1-5H3/b8-7+,15-12+,24-13+. The van der Waals surface area contributed by atoms with Crippen molar-refractivity contribution in [1.82, 2.24) is 4.98 Å². The second-order valence-electron chi connectivity index (χ2n) is 6.65. The predicted octanol–water partition coefficient (Wildman–Crippen LogP) is 5.57. The van der Waals surface area contributed by atoms with E-state index in [9.17, 15) is 9.50 Å². The number of aliphatic imine (C=N–C) groups is 1. The summed E-state index contributed by atoms with van der Waals surface area (Å²) in [6, 6.07) is 5.40. The van der Waals surface area contributed by atoms with E-state index in [2.05, 4.69) is 9.98 Å². The maximum atomic E-state index is 14.3. The van der Waals surface area contributed by atoms with Crippen molar-refractivity contribution in [2.45, 2.75) is 39.7 Å². The smallest absolute Gasteiger partial charge is 0.252 e. The van der Waals surface area contributed by atoms with Gasteiger partial charge in [-0.05, 0) is 50.5 Å². The van der Waals surface area contributed by atoms with Gasteiger partial charge in [0.25, 0.3) is 5.88 Å². The van der Waals surface area contributed by atoms with Crippen molar-refractivity contribution in [1.29, 1.82) is 0 Å². The second kappa shape index (κ2) is 8.63. The minimum Gasteiger partial charge on any atom is -0.479 e. The molecular weight excluding hydrogens is 367 g/mol. The number of pyridine rings is 1. The van der Waals surface area contributed by atoms with Crippen LogP contribution in [0, 0.1) is 5.82 Å². The molecule has 4 nitrogen and oxygen atoms in total. The Balaban J connectivity index is 2.61. The van der Waals surface area contributed by atoms with Gasteiger partial charge < -0.3 is 9.84 Å². The molecule has 1 N–H and O–H groups in total. The second-order valence-corrected chi connectivity index (χ2v) is 7.03. The summed E-state index contributed by atoms with van der Waals surface area (Å²) >= 11 is 6.19. The number of fused-ring (bicyclic) bond motifs is 1. The van der Waals surface area contributed by atoms with Crippen LogP contribution in [0.2, 0.25) is 5.02 Å². The Morgan fingerprint density at radius 3 is 2.70 bits per heavy atom. The van der Waals surface area contributed by atoms with E-state index in [1.54, 1.807) is 39.1 Å². The van der Waals surface area contributed by atoms with E-state index in [-0.39, 0.29) is 10.9 Å². The van der Waals surface area contributed by atoms with Gasteiger partial charge in [0.05, 0.1) is 23.3 Å². The Morgan fingerprint density at radius 1 is 1.41 bits per heavy atom. The predicted molar refractivity (Wildman–Crippen MR) is 110 cm³/mol. The minimum atomic E-state index is -1.01. The molecular formula is C21H24ClFN2O2. The average molecular weight is 391 g/mol. The summed E-state index contributed by atoms with van der Waals surface area (Å²) in [5.41, 5.74) is 1.74. The van der Waals surface area contributed by atoms with Crippen LogP contribution in [0.4, 0.5) is 4.39 Å². The number of methoxy groups -OCH3 is 1. The van der Waals surface area contributed by atoms with Crippen LogP contribution in [0.25, 0.3) is 16.5 Å². The molecule has 0 amide bonds. The largest absolute Gasteiger partial charge is 0.479 e. The third-order valence-corrected chi connectivity index (χ3v) is 4.55. The molecule has 27 heavy (non-hydrogen) atoms. The Kier molecular flexibility index (Phi) is 6.73. The number of allylic oxidation sites excluding steroid dienone is 3. The molecule has 1 aromatic carbocycles. The Hall–Kier alpha value is -2.24. The summed E-state index contributed by atoms with van der Waals surface area (Å²) < 4.78 is 19.2. The van der Waals surface area contributed by atoms with Gasteiger partial charge in [0.1, 0.15) is 0 Å². The van der Waals surface area contributed by atoms with Gasteiger partial charge in [0, 0.05) is 17.3 Å². The number of benzene rings is 1. The lowest BCUT2D eigenvalue weighted by atomic mass is 10.0. The van der Waals surface area contributed by atoms with Gasteiger partial charge >= 0.3 is 0 Å². The molecule has 0 spiro atoms. The van der Waals surface area contributed by atoms with Gasteiger partial charge in [0.15, 0.2) is 0 Å². The number of hydrogen-bond acceptors (Lipinski definition) is 4. The van der Waals surface area contributed by atoms with E-state index in [0.29, 0.717) is 16.6 Å². The molecule has 1 aromatic heterocycles. The summed E-state index contributed by atoms with van der Waals surface area (Å²) in [5.74, 6) is -0.818. The normalized spacial score (nSPS) is 13.6.